The molecular formula is C12H23NO3. The largest absolute Gasteiger partial charge is 0.469 e. The average Bonchev–Trinajstić information content (AvgIpc) is 2.64. The van der Waals surface area contributed by atoms with Gasteiger partial charge in [-0.05, 0) is 39.2 Å². The number of esters is 1. The van der Waals surface area contributed by atoms with E-state index < -0.39 is 5.41 Å². The topological polar surface area (TPSA) is 49.8 Å². The van der Waals surface area contributed by atoms with Crippen molar-refractivity contribution in [3.05, 3.63) is 0 Å². The predicted molar refractivity (Wildman–Crippen MR) is 62.0 cm³/mol. The van der Waals surface area contributed by atoms with Crippen LogP contribution in [0.1, 0.15) is 26.7 Å². The van der Waals surface area contributed by atoms with Gasteiger partial charge in [0.25, 0.3) is 0 Å². The number of hydrogen-bond acceptors (Lipinski definition) is 4. The molecule has 1 atom stereocenters. The fraction of sp³-hybridized carbons (Fsp3) is 0.917. The zero-order chi connectivity index (χ0) is 12.2. The molecule has 0 bridgehead atoms. The number of carbonyl (C=O) groups is 1. The Morgan fingerprint density at radius 2 is 2.25 bits per heavy atom. The summed E-state index contributed by atoms with van der Waals surface area (Å²) < 4.78 is 4.79. The van der Waals surface area contributed by atoms with Crippen molar-refractivity contribution in [3.63, 3.8) is 0 Å². The quantitative estimate of drug-likeness (QED) is 0.711. The Balaban J connectivity index is 2.41. The molecule has 0 aromatic heterocycles. The Morgan fingerprint density at radius 1 is 1.56 bits per heavy atom. The molecule has 16 heavy (non-hydrogen) atoms. The van der Waals surface area contributed by atoms with Crippen molar-refractivity contribution < 1.29 is 14.6 Å². The van der Waals surface area contributed by atoms with Crippen LogP contribution < -0.4 is 0 Å². The molecule has 0 spiro atoms. The van der Waals surface area contributed by atoms with Gasteiger partial charge in [0, 0.05) is 19.7 Å². The summed E-state index contributed by atoms with van der Waals surface area (Å²) in [5.74, 6) is 0.427. The molecule has 0 aromatic carbocycles. The first kappa shape index (κ1) is 13.5. The Hall–Kier alpha value is -0.610. The van der Waals surface area contributed by atoms with Crippen LogP contribution in [0.5, 0.6) is 0 Å². The van der Waals surface area contributed by atoms with Crippen LogP contribution in [-0.2, 0) is 9.53 Å². The molecule has 0 saturated carbocycles. The number of nitrogens with zero attached hydrogens (tertiary/aromatic N) is 1. The van der Waals surface area contributed by atoms with E-state index in [2.05, 4.69) is 4.90 Å². The molecule has 1 heterocycles. The van der Waals surface area contributed by atoms with Gasteiger partial charge in [-0.15, -0.1) is 0 Å². The highest BCUT2D eigenvalue weighted by molar-refractivity contribution is 5.76. The van der Waals surface area contributed by atoms with Crippen molar-refractivity contribution in [1.82, 2.24) is 4.90 Å². The number of hydrogen-bond donors (Lipinski definition) is 1. The summed E-state index contributed by atoms with van der Waals surface area (Å²) in [7, 11) is 1.43. The molecule has 1 saturated heterocycles. The van der Waals surface area contributed by atoms with Crippen molar-refractivity contribution in [2.75, 3.05) is 33.4 Å². The lowest BCUT2D eigenvalue weighted by atomic mass is 9.93. The van der Waals surface area contributed by atoms with E-state index in [-0.39, 0.29) is 12.6 Å². The lowest BCUT2D eigenvalue weighted by Crippen LogP contribution is -2.38. The third-order valence-corrected chi connectivity index (χ3v) is 3.26. The number of aliphatic hydroxyl groups excluding tert-OH is 1. The monoisotopic (exact) mass is 229 g/mol. The zero-order valence-corrected chi connectivity index (χ0v) is 10.5. The van der Waals surface area contributed by atoms with Gasteiger partial charge in [0.15, 0.2) is 0 Å². The summed E-state index contributed by atoms with van der Waals surface area (Å²) in [5, 5.41) is 8.88. The van der Waals surface area contributed by atoms with Gasteiger partial charge in [0.2, 0.25) is 0 Å². The molecule has 94 valence electrons. The standard InChI is InChI=1S/C12H23NO3/c1-12(2,11(15)16-3)9-13-6-4-10(8-13)5-7-14/h10,14H,4-9H2,1-3H3. The highest BCUT2D eigenvalue weighted by Gasteiger charge is 2.33. The minimum absolute atomic E-state index is 0.155. The molecular weight excluding hydrogens is 206 g/mol. The van der Waals surface area contributed by atoms with E-state index in [9.17, 15) is 4.79 Å². The van der Waals surface area contributed by atoms with Crippen molar-refractivity contribution in [3.8, 4) is 0 Å². The molecule has 1 rings (SSSR count). The Labute approximate surface area is 97.6 Å². The second-order valence-corrected chi connectivity index (χ2v) is 5.28. The van der Waals surface area contributed by atoms with Gasteiger partial charge in [0.1, 0.15) is 0 Å². The molecule has 0 radical (unpaired) electrons. The molecule has 1 fully saturated rings. The maximum atomic E-state index is 11.5. The van der Waals surface area contributed by atoms with Crippen LogP contribution in [0.2, 0.25) is 0 Å². The molecule has 4 nitrogen and oxygen atoms in total. The number of carbonyl (C=O) groups excluding carboxylic acids is 1. The number of ether oxygens (including phenoxy) is 1. The van der Waals surface area contributed by atoms with E-state index in [0.717, 1.165) is 32.5 Å². The molecule has 1 N–H and O–H groups in total. The number of rotatable bonds is 5. The van der Waals surface area contributed by atoms with Crippen molar-refractivity contribution >= 4 is 5.97 Å². The fourth-order valence-corrected chi connectivity index (χ4v) is 2.37. The Morgan fingerprint density at radius 3 is 2.81 bits per heavy atom. The molecule has 1 unspecified atom stereocenters. The second kappa shape index (κ2) is 5.64. The minimum atomic E-state index is -0.442. The molecule has 1 aliphatic rings. The van der Waals surface area contributed by atoms with Gasteiger partial charge in [-0.3, -0.25) is 4.79 Å². The lowest BCUT2D eigenvalue weighted by molar-refractivity contribution is -0.151. The Kier molecular flexibility index (Phi) is 4.74. The van der Waals surface area contributed by atoms with E-state index in [1.54, 1.807) is 0 Å². The van der Waals surface area contributed by atoms with E-state index in [1.165, 1.54) is 7.11 Å². The highest BCUT2D eigenvalue weighted by atomic mass is 16.5. The van der Waals surface area contributed by atoms with E-state index in [1.807, 2.05) is 13.8 Å². The van der Waals surface area contributed by atoms with Crippen molar-refractivity contribution in [2.45, 2.75) is 26.7 Å². The van der Waals surface area contributed by atoms with Gasteiger partial charge in [0.05, 0.1) is 12.5 Å². The van der Waals surface area contributed by atoms with Gasteiger partial charge < -0.3 is 14.7 Å². The third-order valence-electron chi connectivity index (χ3n) is 3.26. The SMILES string of the molecule is COC(=O)C(C)(C)CN1CCC(CCO)C1. The first-order valence-corrected chi connectivity index (χ1v) is 5.91. The van der Waals surface area contributed by atoms with Gasteiger partial charge in [-0.2, -0.15) is 0 Å². The first-order chi connectivity index (χ1) is 7.49. The summed E-state index contributed by atoms with van der Waals surface area (Å²) in [6.45, 7) is 6.84. The molecule has 0 amide bonds. The summed E-state index contributed by atoms with van der Waals surface area (Å²) in [6, 6.07) is 0. The molecule has 4 heteroatoms. The third kappa shape index (κ3) is 3.46. The van der Waals surface area contributed by atoms with Gasteiger partial charge in [-0.25, -0.2) is 0 Å². The minimum Gasteiger partial charge on any atom is -0.469 e. The zero-order valence-electron chi connectivity index (χ0n) is 10.5. The summed E-state index contributed by atoms with van der Waals surface area (Å²) >= 11 is 0. The maximum Gasteiger partial charge on any atom is 0.312 e. The number of likely N-dealkylation sites (tertiary alicyclic amines) is 1. The summed E-state index contributed by atoms with van der Waals surface area (Å²) in [6.07, 6.45) is 1.99. The Bertz CT molecular complexity index is 240. The molecule has 0 aliphatic carbocycles. The van der Waals surface area contributed by atoms with Gasteiger partial charge in [-0.1, -0.05) is 0 Å². The summed E-state index contributed by atoms with van der Waals surface area (Å²) in [5.41, 5.74) is -0.442. The van der Waals surface area contributed by atoms with E-state index >= 15 is 0 Å². The van der Waals surface area contributed by atoms with Crippen LogP contribution in [0, 0.1) is 11.3 Å². The smallest absolute Gasteiger partial charge is 0.312 e. The average molecular weight is 229 g/mol. The van der Waals surface area contributed by atoms with Crippen LogP contribution >= 0.6 is 0 Å². The molecule has 0 aromatic rings. The van der Waals surface area contributed by atoms with E-state index in [4.69, 9.17) is 9.84 Å². The summed E-state index contributed by atoms with van der Waals surface area (Å²) in [4.78, 5) is 13.8. The molecule has 1 aliphatic heterocycles. The van der Waals surface area contributed by atoms with Crippen LogP contribution in [0.15, 0.2) is 0 Å². The van der Waals surface area contributed by atoms with Crippen LogP contribution in [0.4, 0.5) is 0 Å². The first-order valence-electron chi connectivity index (χ1n) is 5.91. The highest BCUT2D eigenvalue weighted by Crippen LogP contribution is 2.25. The van der Waals surface area contributed by atoms with Crippen LogP contribution in [0.3, 0.4) is 0 Å². The normalized spacial score (nSPS) is 22.4. The van der Waals surface area contributed by atoms with E-state index in [0.29, 0.717) is 5.92 Å². The predicted octanol–water partition coefficient (Wildman–Crippen LogP) is 0.890. The van der Waals surface area contributed by atoms with Gasteiger partial charge >= 0.3 is 5.97 Å². The number of methoxy groups -OCH3 is 1. The lowest BCUT2D eigenvalue weighted by Gasteiger charge is -2.27. The van der Waals surface area contributed by atoms with Crippen molar-refractivity contribution in [1.29, 1.82) is 0 Å². The van der Waals surface area contributed by atoms with Crippen LogP contribution in [-0.4, -0.2) is 49.3 Å². The second-order valence-electron chi connectivity index (χ2n) is 5.28. The van der Waals surface area contributed by atoms with Crippen molar-refractivity contribution in [2.24, 2.45) is 11.3 Å². The fourth-order valence-electron chi connectivity index (χ4n) is 2.37. The maximum absolute atomic E-state index is 11.5. The van der Waals surface area contributed by atoms with Crippen LogP contribution in [0.25, 0.3) is 0 Å². The number of aliphatic hydroxyl groups is 1.